The summed E-state index contributed by atoms with van der Waals surface area (Å²) in [6, 6.07) is 0.185. The lowest BCUT2D eigenvalue weighted by Gasteiger charge is -2.12. The molecule has 0 aliphatic carbocycles. The number of nitrogens with one attached hydrogen (secondary N) is 2. The summed E-state index contributed by atoms with van der Waals surface area (Å²) in [6.45, 7) is 6.82. The minimum atomic E-state index is -0.179. The second-order valence-electron chi connectivity index (χ2n) is 4.55. The van der Waals surface area contributed by atoms with Crippen molar-refractivity contribution in [2.75, 3.05) is 11.9 Å². The summed E-state index contributed by atoms with van der Waals surface area (Å²) in [6.07, 6.45) is 2.85. The molecule has 1 heterocycles. The number of nitrogens with zero attached hydrogens (tertiary/aromatic N) is 2. The first kappa shape index (κ1) is 16.7. The van der Waals surface area contributed by atoms with Crippen LogP contribution in [0.4, 0.5) is 5.69 Å². The highest BCUT2D eigenvalue weighted by atomic mass is 79.9. The van der Waals surface area contributed by atoms with Crippen molar-refractivity contribution in [1.82, 2.24) is 15.1 Å². The highest BCUT2D eigenvalue weighted by Crippen LogP contribution is 2.15. The standard InChI is InChI=1S/C13H21BrN4O2/c1-4-9(3)17-11(19)6-7-15-10-8-16-18(5-2)13(20)12(10)14/h8-9,15H,4-7H2,1-3H3,(H,17,19). The monoisotopic (exact) mass is 344 g/mol. The first-order chi connectivity index (χ1) is 9.49. The topological polar surface area (TPSA) is 76.0 Å². The maximum atomic E-state index is 11.8. The van der Waals surface area contributed by atoms with E-state index in [9.17, 15) is 9.59 Å². The van der Waals surface area contributed by atoms with Crippen LogP contribution in [0.15, 0.2) is 15.5 Å². The van der Waals surface area contributed by atoms with Crippen molar-refractivity contribution in [3.8, 4) is 0 Å². The molecule has 1 rings (SSSR count). The summed E-state index contributed by atoms with van der Waals surface area (Å²) >= 11 is 3.25. The number of rotatable bonds is 7. The molecule has 0 fully saturated rings. The van der Waals surface area contributed by atoms with Gasteiger partial charge < -0.3 is 10.6 Å². The van der Waals surface area contributed by atoms with Gasteiger partial charge in [0.15, 0.2) is 0 Å². The second kappa shape index (κ2) is 8.04. The molecule has 0 bridgehead atoms. The quantitative estimate of drug-likeness (QED) is 0.789. The van der Waals surface area contributed by atoms with Gasteiger partial charge in [-0.1, -0.05) is 6.92 Å². The molecule has 1 unspecified atom stereocenters. The molecule has 0 aliphatic rings. The summed E-state index contributed by atoms with van der Waals surface area (Å²) in [5.74, 6) is -0.00201. The van der Waals surface area contributed by atoms with Gasteiger partial charge in [-0.15, -0.1) is 0 Å². The summed E-state index contributed by atoms with van der Waals surface area (Å²) in [4.78, 5) is 23.4. The Morgan fingerprint density at radius 1 is 1.50 bits per heavy atom. The molecule has 0 saturated carbocycles. The van der Waals surface area contributed by atoms with Gasteiger partial charge in [0.05, 0.1) is 11.9 Å². The van der Waals surface area contributed by atoms with E-state index in [0.29, 0.717) is 29.7 Å². The van der Waals surface area contributed by atoms with Crippen LogP contribution in [0.25, 0.3) is 0 Å². The zero-order valence-corrected chi connectivity index (χ0v) is 13.7. The van der Waals surface area contributed by atoms with Crippen molar-refractivity contribution in [3.05, 3.63) is 21.0 Å². The number of hydrogen-bond acceptors (Lipinski definition) is 4. The molecule has 1 aromatic rings. The van der Waals surface area contributed by atoms with Gasteiger partial charge in [-0.05, 0) is 36.2 Å². The van der Waals surface area contributed by atoms with Gasteiger partial charge in [0.2, 0.25) is 5.91 Å². The molecule has 0 spiro atoms. The molecular formula is C13H21BrN4O2. The van der Waals surface area contributed by atoms with Gasteiger partial charge in [0.25, 0.3) is 5.56 Å². The Hall–Kier alpha value is -1.37. The number of hydrogen-bond donors (Lipinski definition) is 2. The lowest BCUT2D eigenvalue weighted by Crippen LogP contribution is -2.33. The average molecular weight is 345 g/mol. The van der Waals surface area contributed by atoms with Gasteiger partial charge in [0.1, 0.15) is 4.47 Å². The van der Waals surface area contributed by atoms with Crippen molar-refractivity contribution in [2.24, 2.45) is 0 Å². The average Bonchev–Trinajstić information content (AvgIpc) is 2.43. The predicted octanol–water partition coefficient (Wildman–Crippen LogP) is 1.74. The number of aryl methyl sites for hydroxylation is 1. The van der Waals surface area contributed by atoms with Crippen LogP contribution in [0.3, 0.4) is 0 Å². The highest BCUT2D eigenvalue weighted by Gasteiger charge is 2.09. The van der Waals surface area contributed by atoms with Gasteiger partial charge in [-0.25, -0.2) is 4.68 Å². The zero-order chi connectivity index (χ0) is 15.1. The van der Waals surface area contributed by atoms with E-state index in [1.54, 1.807) is 6.20 Å². The normalized spacial score (nSPS) is 12.0. The van der Waals surface area contributed by atoms with E-state index in [4.69, 9.17) is 0 Å². The lowest BCUT2D eigenvalue weighted by atomic mass is 10.2. The molecule has 0 aromatic carbocycles. The Kier molecular flexibility index (Phi) is 6.70. The fourth-order valence-corrected chi connectivity index (χ4v) is 2.02. The van der Waals surface area contributed by atoms with E-state index >= 15 is 0 Å². The molecule has 2 N–H and O–H groups in total. The molecule has 0 radical (unpaired) electrons. The maximum Gasteiger partial charge on any atom is 0.283 e. The molecule has 0 saturated heterocycles. The van der Waals surface area contributed by atoms with Crippen molar-refractivity contribution < 1.29 is 4.79 Å². The number of amides is 1. The van der Waals surface area contributed by atoms with Crippen LogP contribution in [0.1, 0.15) is 33.6 Å². The third kappa shape index (κ3) is 4.63. The summed E-state index contributed by atoms with van der Waals surface area (Å²) < 4.78 is 1.81. The van der Waals surface area contributed by atoms with Crippen molar-refractivity contribution in [1.29, 1.82) is 0 Å². The number of halogens is 1. The fourth-order valence-electron chi connectivity index (χ4n) is 1.57. The number of carbonyl (C=O) groups is 1. The summed E-state index contributed by atoms with van der Waals surface area (Å²) in [5, 5.41) is 9.96. The first-order valence-electron chi connectivity index (χ1n) is 6.78. The van der Waals surface area contributed by atoms with Gasteiger partial charge in [-0.3, -0.25) is 9.59 Å². The van der Waals surface area contributed by atoms with Crippen molar-refractivity contribution >= 4 is 27.5 Å². The van der Waals surface area contributed by atoms with E-state index in [0.717, 1.165) is 6.42 Å². The van der Waals surface area contributed by atoms with Crippen LogP contribution in [0, 0.1) is 0 Å². The first-order valence-corrected chi connectivity index (χ1v) is 7.57. The maximum absolute atomic E-state index is 11.8. The molecule has 0 aliphatic heterocycles. The third-order valence-corrected chi connectivity index (χ3v) is 3.74. The molecular weight excluding hydrogens is 324 g/mol. The Balaban J connectivity index is 2.53. The van der Waals surface area contributed by atoms with Crippen molar-refractivity contribution in [3.63, 3.8) is 0 Å². The lowest BCUT2D eigenvalue weighted by molar-refractivity contribution is -0.121. The summed E-state index contributed by atoms with van der Waals surface area (Å²) in [5.41, 5.74) is 0.428. The summed E-state index contributed by atoms with van der Waals surface area (Å²) in [7, 11) is 0. The van der Waals surface area contributed by atoms with Crippen LogP contribution in [-0.4, -0.2) is 28.3 Å². The minimum absolute atomic E-state index is 0.00201. The van der Waals surface area contributed by atoms with Crippen LogP contribution >= 0.6 is 15.9 Å². The zero-order valence-electron chi connectivity index (χ0n) is 12.1. The fraction of sp³-hybridized carbons (Fsp3) is 0.615. The molecule has 112 valence electrons. The van der Waals surface area contributed by atoms with Crippen LogP contribution in [0.2, 0.25) is 0 Å². The number of aromatic nitrogens is 2. The molecule has 7 heteroatoms. The predicted molar refractivity (Wildman–Crippen MR) is 82.9 cm³/mol. The Bertz CT molecular complexity index is 516. The van der Waals surface area contributed by atoms with E-state index < -0.39 is 0 Å². The highest BCUT2D eigenvalue weighted by molar-refractivity contribution is 9.10. The smallest absolute Gasteiger partial charge is 0.283 e. The molecule has 6 nitrogen and oxygen atoms in total. The van der Waals surface area contributed by atoms with Crippen LogP contribution < -0.4 is 16.2 Å². The van der Waals surface area contributed by atoms with Crippen molar-refractivity contribution in [2.45, 2.75) is 46.2 Å². The van der Waals surface area contributed by atoms with E-state index in [-0.39, 0.29) is 17.5 Å². The number of carbonyl (C=O) groups excluding carboxylic acids is 1. The van der Waals surface area contributed by atoms with E-state index in [1.807, 2.05) is 20.8 Å². The van der Waals surface area contributed by atoms with Gasteiger partial charge in [-0.2, -0.15) is 5.10 Å². The molecule has 1 amide bonds. The Morgan fingerprint density at radius 3 is 2.80 bits per heavy atom. The molecule has 20 heavy (non-hydrogen) atoms. The largest absolute Gasteiger partial charge is 0.382 e. The second-order valence-corrected chi connectivity index (χ2v) is 5.34. The Morgan fingerprint density at radius 2 is 2.20 bits per heavy atom. The third-order valence-electron chi connectivity index (χ3n) is 2.97. The van der Waals surface area contributed by atoms with Crippen LogP contribution in [-0.2, 0) is 11.3 Å². The molecule has 1 atom stereocenters. The van der Waals surface area contributed by atoms with E-state index in [1.165, 1.54) is 4.68 Å². The molecule has 1 aromatic heterocycles. The van der Waals surface area contributed by atoms with E-state index in [2.05, 4.69) is 31.7 Å². The SMILES string of the molecule is CCC(C)NC(=O)CCNc1cnn(CC)c(=O)c1Br. The van der Waals surface area contributed by atoms with Gasteiger partial charge in [0, 0.05) is 25.6 Å². The number of anilines is 1. The van der Waals surface area contributed by atoms with Crippen LogP contribution in [0.5, 0.6) is 0 Å². The Labute approximate surface area is 127 Å². The minimum Gasteiger partial charge on any atom is -0.382 e. The van der Waals surface area contributed by atoms with Gasteiger partial charge >= 0.3 is 0 Å².